The summed E-state index contributed by atoms with van der Waals surface area (Å²) in [5.41, 5.74) is -0.0148. The van der Waals surface area contributed by atoms with E-state index < -0.39 is 47.5 Å². The highest BCUT2D eigenvalue weighted by Gasteiger charge is 2.54. The Labute approximate surface area is 179 Å². The van der Waals surface area contributed by atoms with Gasteiger partial charge in [0.1, 0.15) is 5.82 Å². The third-order valence-electron chi connectivity index (χ3n) is 6.11. The van der Waals surface area contributed by atoms with Crippen molar-refractivity contribution in [1.29, 1.82) is 0 Å². The van der Waals surface area contributed by atoms with Crippen LogP contribution in [-0.2, 0) is 15.8 Å². The molecule has 2 amide bonds. The monoisotopic (exact) mass is 466 g/mol. The molecule has 1 aromatic rings. The molecule has 0 unspecified atom stereocenters. The second-order valence-corrected chi connectivity index (χ2v) is 8.35. The number of hydrogen-bond donors (Lipinski definition) is 2. The predicted octanol–water partition coefficient (Wildman–Crippen LogP) is 5.21. The van der Waals surface area contributed by atoms with E-state index in [0.717, 1.165) is 17.2 Å². The van der Waals surface area contributed by atoms with Crippen LogP contribution in [0.15, 0.2) is 29.3 Å². The van der Waals surface area contributed by atoms with Crippen molar-refractivity contribution in [3.63, 3.8) is 0 Å². The summed E-state index contributed by atoms with van der Waals surface area (Å²) in [4.78, 5) is 24.1. The molecule has 0 radical (unpaired) electrons. The Morgan fingerprint density at radius 1 is 1.03 bits per heavy atom. The minimum atomic E-state index is -5.08. The van der Waals surface area contributed by atoms with E-state index in [-0.39, 0.29) is 23.9 Å². The smallest absolute Gasteiger partial charge is 0.345 e. The zero-order chi connectivity index (χ0) is 24.0. The van der Waals surface area contributed by atoms with Crippen LogP contribution in [0.25, 0.3) is 0 Å². The third-order valence-corrected chi connectivity index (χ3v) is 6.11. The van der Waals surface area contributed by atoms with Crippen molar-refractivity contribution in [2.24, 2.45) is 17.8 Å². The quantitative estimate of drug-likeness (QED) is 0.473. The van der Waals surface area contributed by atoms with Gasteiger partial charge in [-0.1, -0.05) is 11.1 Å². The lowest BCUT2D eigenvalue weighted by Crippen LogP contribution is -2.49. The van der Waals surface area contributed by atoms with Gasteiger partial charge in [0.05, 0.1) is 5.56 Å². The molecule has 0 aromatic heterocycles. The van der Waals surface area contributed by atoms with Crippen LogP contribution in [0.5, 0.6) is 0 Å². The molecule has 176 valence electrons. The third kappa shape index (κ3) is 4.75. The summed E-state index contributed by atoms with van der Waals surface area (Å²) >= 11 is 0. The maximum absolute atomic E-state index is 13.5. The number of alkyl halides is 6. The standard InChI is InChI=1S/C21H21F7N2O2/c1-9(2)17-11-4-5-12(17)18(30-19(32)21(26,27)28)13(11)8-16(31)29-10-3-6-15(22)14(7-10)20(23,24)25/h3,6-7,11-13,18H,4-5,8H2,1-2H3,(H,29,31)(H,30,32)/t11-,12-,13+,18+/m1/s1. The molecule has 3 rings (SSSR count). The van der Waals surface area contributed by atoms with E-state index in [1.165, 1.54) is 0 Å². The van der Waals surface area contributed by atoms with Crippen LogP contribution < -0.4 is 10.6 Å². The molecule has 0 heterocycles. The van der Waals surface area contributed by atoms with Crippen molar-refractivity contribution in [3.8, 4) is 0 Å². The largest absolute Gasteiger partial charge is 0.471 e. The average Bonchev–Trinajstić information content (AvgIpc) is 3.19. The fourth-order valence-corrected chi connectivity index (χ4v) is 5.01. The predicted molar refractivity (Wildman–Crippen MR) is 101 cm³/mol. The number of carbonyl (C=O) groups excluding carboxylic acids is 2. The summed E-state index contributed by atoms with van der Waals surface area (Å²) < 4.78 is 90.6. The lowest BCUT2D eigenvalue weighted by Gasteiger charge is -2.31. The molecule has 11 heteroatoms. The van der Waals surface area contributed by atoms with Gasteiger partial charge in [-0.2, -0.15) is 26.3 Å². The number of fused-ring (bicyclic) bond motifs is 2. The highest BCUT2D eigenvalue weighted by atomic mass is 19.4. The Bertz CT molecular complexity index is 948. The summed E-state index contributed by atoms with van der Waals surface area (Å²) in [5, 5.41) is 4.27. The van der Waals surface area contributed by atoms with E-state index in [9.17, 15) is 40.3 Å². The topological polar surface area (TPSA) is 58.2 Å². The van der Waals surface area contributed by atoms with E-state index in [1.54, 1.807) is 0 Å². The number of rotatable bonds is 4. The molecule has 2 bridgehead atoms. The fraction of sp³-hybridized carbons (Fsp3) is 0.524. The molecule has 1 aromatic carbocycles. The van der Waals surface area contributed by atoms with Crippen LogP contribution in [0.1, 0.15) is 38.7 Å². The first-order valence-electron chi connectivity index (χ1n) is 9.91. The molecule has 2 saturated carbocycles. The van der Waals surface area contributed by atoms with Crippen molar-refractivity contribution < 1.29 is 40.3 Å². The van der Waals surface area contributed by atoms with Crippen LogP contribution in [0.3, 0.4) is 0 Å². The van der Waals surface area contributed by atoms with Gasteiger partial charge in [-0.3, -0.25) is 9.59 Å². The first kappa shape index (κ1) is 24.1. The number of halogens is 7. The summed E-state index contributed by atoms with van der Waals surface area (Å²) in [5.74, 6) is -5.52. The van der Waals surface area contributed by atoms with Crippen LogP contribution in [0, 0.1) is 23.6 Å². The Hall–Kier alpha value is -2.59. The summed E-state index contributed by atoms with van der Waals surface area (Å²) in [7, 11) is 0. The van der Waals surface area contributed by atoms with Gasteiger partial charge in [-0.15, -0.1) is 0 Å². The lowest BCUT2D eigenvalue weighted by atomic mass is 9.82. The van der Waals surface area contributed by atoms with E-state index in [1.807, 2.05) is 19.2 Å². The Kier molecular flexibility index (Phi) is 6.32. The Morgan fingerprint density at radius 2 is 1.66 bits per heavy atom. The minimum Gasteiger partial charge on any atom is -0.345 e. The zero-order valence-electron chi connectivity index (χ0n) is 17.1. The van der Waals surface area contributed by atoms with Gasteiger partial charge in [-0.05, 0) is 56.7 Å². The van der Waals surface area contributed by atoms with Crippen molar-refractivity contribution >= 4 is 17.5 Å². The van der Waals surface area contributed by atoms with Gasteiger partial charge in [0, 0.05) is 24.1 Å². The highest BCUT2D eigenvalue weighted by Crippen LogP contribution is 2.55. The summed E-state index contributed by atoms with van der Waals surface area (Å²) in [6.07, 6.45) is -9.14. The number of amides is 2. The van der Waals surface area contributed by atoms with E-state index in [4.69, 9.17) is 0 Å². The molecule has 0 aliphatic heterocycles. The molecule has 2 N–H and O–H groups in total. The fourth-order valence-electron chi connectivity index (χ4n) is 5.01. The van der Waals surface area contributed by atoms with Gasteiger partial charge in [0.25, 0.3) is 0 Å². The van der Waals surface area contributed by atoms with Crippen LogP contribution in [0.2, 0.25) is 0 Å². The van der Waals surface area contributed by atoms with Crippen molar-refractivity contribution in [2.45, 2.75) is 51.5 Å². The molecule has 32 heavy (non-hydrogen) atoms. The molecule has 2 aliphatic carbocycles. The summed E-state index contributed by atoms with van der Waals surface area (Å²) in [6, 6.07) is 1.08. The van der Waals surface area contributed by atoms with E-state index >= 15 is 0 Å². The van der Waals surface area contributed by atoms with Crippen molar-refractivity contribution in [1.82, 2.24) is 5.32 Å². The maximum Gasteiger partial charge on any atom is 0.471 e. The first-order valence-corrected chi connectivity index (χ1v) is 9.91. The van der Waals surface area contributed by atoms with Gasteiger partial charge in [-0.25, -0.2) is 4.39 Å². The number of carbonyl (C=O) groups is 2. The molecule has 0 saturated heterocycles. The molecule has 0 spiro atoms. The Morgan fingerprint density at radius 3 is 2.22 bits per heavy atom. The second-order valence-electron chi connectivity index (χ2n) is 8.35. The summed E-state index contributed by atoms with van der Waals surface area (Å²) in [6.45, 7) is 3.62. The molecule has 4 atom stereocenters. The zero-order valence-corrected chi connectivity index (χ0v) is 17.1. The SMILES string of the molecule is CC(C)=C1[C@H]2CC[C@@H]1[C@H](CC(=O)Nc1ccc(F)c(C(F)(F)F)c1)[C@H]2NC(=O)C(F)(F)F. The van der Waals surface area contributed by atoms with Crippen LogP contribution in [-0.4, -0.2) is 24.0 Å². The van der Waals surface area contributed by atoms with Crippen LogP contribution in [0.4, 0.5) is 36.4 Å². The maximum atomic E-state index is 13.5. The number of anilines is 1. The lowest BCUT2D eigenvalue weighted by molar-refractivity contribution is -0.175. The number of hydrogen-bond acceptors (Lipinski definition) is 2. The van der Waals surface area contributed by atoms with Gasteiger partial charge >= 0.3 is 18.3 Å². The molecule has 2 aliphatic rings. The number of nitrogens with one attached hydrogen (secondary N) is 2. The van der Waals surface area contributed by atoms with Gasteiger partial charge in [0.2, 0.25) is 5.91 Å². The van der Waals surface area contributed by atoms with E-state index in [2.05, 4.69) is 5.32 Å². The van der Waals surface area contributed by atoms with Crippen LogP contribution >= 0.6 is 0 Å². The minimum absolute atomic E-state index is 0.215. The molecular formula is C21H21F7N2O2. The van der Waals surface area contributed by atoms with Crippen molar-refractivity contribution in [2.75, 3.05) is 5.32 Å². The number of allylic oxidation sites excluding steroid dienone is 1. The van der Waals surface area contributed by atoms with E-state index in [0.29, 0.717) is 25.0 Å². The Balaban J connectivity index is 1.80. The second kappa shape index (κ2) is 8.40. The van der Waals surface area contributed by atoms with Crippen molar-refractivity contribution in [3.05, 3.63) is 40.7 Å². The number of benzene rings is 1. The first-order chi connectivity index (χ1) is 14.7. The average molecular weight is 466 g/mol. The highest BCUT2D eigenvalue weighted by molar-refractivity contribution is 5.91. The molecular weight excluding hydrogens is 445 g/mol. The van der Waals surface area contributed by atoms with Gasteiger partial charge < -0.3 is 10.6 Å². The molecule has 4 nitrogen and oxygen atoms in total. The molecule has 2 fully saturated rings. The van der Waals surface area contributed by atoms with Gasteiger partial charge in [0.15, 0.2) is 0 Å². The normalized spacial score (nSPS) is 25.1.